The number of nitrogens with one attached hydrogen (secondary N) is 1. The number of nitrogens with two attached hydrogens (primary N) is 1. The van der Waals surface area contributed by atoms with Gasteiger partial charge >= 0.3 is 0 Å². The molecule has 4 N–H and O–H groups in total. The van der Waals surface area contributed by atoms with Crippen molar-refractivity contribution in [1.82, 2.24) is 5.32 Å². The van der Waals surface area contributed by atoms with Gasteiger partial charge in [0.05, 0.1) is 6.04 Å². The molecule has 0 saturated carbocycles. The summed E-state index contributed by atoms with van der Waals surface area (Å²) in [5.74, 6) is 0.228. The Bertz CT molecular complexity index is 178. The molecule has 0 amide bonds. The predicted octanol–water partition coefficient (Wildman–Crippen LogP) is -0.110. The second-order valence-corrected chi connectivity index (χ2v) is 3.30. The number of rotatable bonds is 3. The Morgan fingerprint density at radius 3 is 2.77 bits per heavy atom. The van der Waals surface area contributed by atoms with Crippen LogP contribution in [-0.4, -0.2) is 36.3 Å². The van der Waals surface area contributed by atoms with E-state index in [2.05, 4.69) is 10.5 Å². The third kappa shape index (κ3) is 3.20. The Labute approximate surface area is 77.9 Å². The first-order valence-electron chi connectivity index (χ1n) is 4.55. The van der Waals surface area contributed by atoms with Crippen LogP contribution in [-0.2, 0) is 4.74 Å². The van der Waals surface area contributed by atoms with Gasteiger partial charge in [-0.05, 0) is 19.8 Å². The highest BCUT2D eigenvalue weighted by Crippen LogP contribution is 2.06. The van der Waals surface area contributed by atoms with E-state index in [0.717, 1.165) is 26.1 Å². The van der Waals surface area contributed by atoms with Crippen LogP contribution in [0.3, 0.4) is 0 Å². The molecule has 0 spiro atoms. The molecule has 0 aromatic heterocycles. The van der Waals surface area contributed by atoms with Gasteiger partial charge < -0.3 is 21.0 Å². The van der Waals surface area contributed by atoms with E-state index in [1.807, 2.05) is 6.92 Å². The Morgan fingerprint density at radius 2 is 2.23 bits per heavy atom. The second kappa shape index (κ2) is 5.04. The van der Waals surface area contributed by atoms with Crippen LogP contribution >= 0.6 is 0 Å². The summed E-state index contributed by atoms with van der Waals surface area (Å²) >= 11 is 0. The van der Waals surface area contributed by atoms with Crippen LogP contribution < -0.4 is 11.1 Å². The fourth-order valence-electron chi connectivity index (χ4n) is 1.39. The van der Waals surface area contributed by atoms with E-state index in [-0.39, 0.29) is 11.9 Å². The summed E-state index contributed by atoms with van der Waals surface area (Å²) in [5, 5.41) is 14.7. The number of hydrogen-bond donors (Lipinski definition) is 3. The van der Waals surface area contributed by atoms with Crippen LogP contribution in [0.15, 0.2) is 5.16 Å². The van der Waals surface area contributed by atoms with Gasteiger partial charge in [-0.3, -0.25) is 0 Å². The summed E-state index contributed by atoms with van der Waals surface area (Å²) in [6.45, 7) is 3.46. The van der Waals surface area contributed by atoms with Crippen molar-refractivity contribution in [3.8, 4) is 0 Å². The average molecular weight is 187 g/mol. The molecule has 5 nitrogen and oxygen atoms in total. The summed E-state index contributed by atoms with van der Waals surface area (Å²) in [6.07, 6.45) is 1.98. The maximum atomic E-state index is 8.43. The molecule has 0 aliphatic carbocycles. The molecule has 0 aromatic carbocycles. The van der Waals surface area contributed by atoms with Crippen molar-refractivity contribution in [2.75, 3.05) is 13.2 Å². The molecule has 13 heavy (non-hydrogen) atoms. The Hall–Kier alpha value is -0.810. The highest BCUT2D eigenvalue weighted by atomic mass is 16.5. The third-order valence-corrected chi connectivity index (χ3v) is 2.27. The zero-order chi connectivity index (χ0) is 9.68. The van der Waals surface area contributed by atoms with Gasteiger partial charge in [0.2, 0.25) is 0 Å². The molecular weight excluding hydrogens is 170 g/mol. The zero-order valence-electron chi connectivity index (χ0n) is 7.86. The van der Waals surface area contributed by atoms with Crippen molar-refractivity contribution in [3.05, 3.63) is 0 Å². The topological polar surface area (TPSA) is 79.9 Å². The molecule has 0 bridgehead atoms. The number of ether oxygens (including phenoxy) is 1. The molecule has 1 rings (SSSR count). The Kier molecular flexibility index (Phi) is 3.98. The van der Waals surface area contributed by atoms with E-state index < -0.39 is 0 Å². The summed E-state index contributed by atoms with van der Waals surface area (Å²) in [6, 6.07) is 0.345. The van der Waals surface area contributed by atoms with Gasteiger partial charge in [0, 0.05) is 19.3 Å². The molecule has 1 aliphatic heterocycles. The van der Waals surface area contributed by atoms with E-state index in [9.17, 15) is 0 Å². The monoisotopic (exact) mass is 187 g/mol. The lowest BCUT2D eigenvalue weighted by atomic mass is 10.1. The van der Waals surface area contributed by atoms with Crippen LogP contribution in [0.5, 0.6) is 0 Å². The molecule has 1 unspecified atom stereocenters. The Balaban J connectivity index is 2.30. The number of oxime groups is 1. The van der Waals surface area contributed by atoms with Gasteiger partial charge in [-0.25, -0.2) is 0 Å². The molecule has 1 aliphatic rings. The maximum Gasteiger partial charge on any atom is 0.156 e. The number of hydrogen-bond acceptors (Lipinski definition) is 4. The normalized spacial score (nSPS) is 23.0. The van der Waals surface area contributed by atoms with Gasteiger partial charge in [-0.2, -0.15) is 0 Å². The molecule has 0 aromatic rings. The molecule has 76 valence electrons. The predicted molar refractivity (Wildman–Crippen MR) is 49.8 cm³/mol. The fraction of sp³-hybridized carbons (Fsp3) is 0.875. The lowest BCUT2D eigenvalue weighted by molar-refractivity contribution is 0.0771. The Morgan fingerprint density at radius 1 is 1.62 bits per heavy atom. The van der Waals surface area contributed by atoms with Gasteiger partial charge in [-0.1, -0.05) is 5.16 Å². The summed E-state index contributed by atoms with van der Waals surface area (Å²) in [7, 11) is 0. The SMILES string of the molecule is CC(NC1CCOCC1)C(N)=NO. The molecule has 1 atom stereocenters. The summed E-state index contributed by atoms with van der Waals surface area (Å²) in [5.41, 5.74) is 5.44. The van der Waals surface area contributed by atoms with Crippen LogP contribution in [0.1, 0.15) is 19.8 Å². The first-order valence-corrected chi connectivity index (χ1v) is 4.55. The first kappa shape index (κ1) is 10.3. The molecule has 0 radical (unpaired) electrons. The van der Waals surface area contributed by atoms with Crippen molar-refractivity contribution >= 4 is 5.84 Å². The van der Waals surface area contributed by atoms with Crippen molar-refractivity contribution in [1.29, 1.82) is 0 Å². The van der Waals surface area contributed by atoms with E-state index in [1.54, 1.807) is 0 Å². The fourth-order valence-corrected chi connectivity index (χ4v) is 1.39. The average Bonchev–Trinajstić information content (AvgIpc) is 2.18. The van der Waals surface area contributed by atoms with Crippen molar-refractivity contribution in [2.24, 2.45) is 10.9 Å². The second-order valence-electron chi connectivity index (χ2n) is 3.30. The smallest absolute Gasteiger partial charge is 0.156 e. The van der Waals surface area contributed by atoms with Gasteiger partial charge in [0.25, 0.3) is 0 Å². The molecule has 5 heteroatoms. The standard InChI is InChI=1S/C8H17N3O2/c1-6(8(9)11-12)10-7-2-4-13-5-3-7/h6-7,10,12H,2-5H2,1H3,(H2,9,11). The number of amidine groups is 1. The van der Waals surface area contributed by atoms with Gasteiger partial charge in [0.1, 0.15) is 0 Å². The molecule has 1 fully saturated rings. The highest BCUT2D eigenvalue weighted by Gasteiger charge is 2.17. The maximum absolute atomic E-state index is 8.43. The van der Waals surface area contributed by atoms with Crippen LogP contribution in [0.2, 0.25) is 0 Å². The molecular formula is C8H17N3O2. The summed E-state index contributed by atoms with van der Waals surface area (Å²) < 4.78 is 5.22. The zero-order valence-corrected chi connectivity index (χ0v) is 7.86. The van der Waals surface area contributed by atoms with Crippen LogP contribution in [0.25, 0.3) is 0 Å². The van der Waals surface area contributed by atoms with Crippen molar-refractivity contribution in [2.45, 2.75) is 31.8 Å². The minimum atomic E-state index is -0.0758. The quantitative estimate of drug-likeness (QED) is 0.249. The minimum Gasteiger partial charge on any atom is -0.409 e. The van der Waals surface area contributed by atoms with E-state index in [1.165, 1.54) is 0 Å². The van der Waals surface area contributed by atoms with Gasteiger partial charge in [0.15, 0.2) is 5.84 Å². The van der Waals surface area contributed by atoms with E-state index >= 15 is 0 Å². The van der Waals surface area contributed by atoms with Crippen LogP contribution in [0, 0.1) is 0 Å². The molecule has 1 saturated heterocycles. The highest BCUT2D eigenvalue weighted by molar-refractivity contribution is 5.84. The first-order chi connectivity index (χ1) is 6.24. The van der Waals surface area contributed by atoms with Gasteiger partial charge in [-0.15, -0.1) is 0 Å². The molecule has 1 heterocycles. The summed E-state index contributed by atoms with van der Waals surface area (Å²) in [4.78, 5) is 0. The van der Waals surface area contributed by atoms with Crippen LogP contribution in [0.4, 0.5) is 0 Å². The van der Waals surface area contributed by atoms with E-state index in [4.69, 9.17) is 15.7 Å². The number of nitrogens with zero attached hydrogens (tertiary/aromatic N) is 1. The lowest BCUT2D eigenvalue weighted by Gasteiger charge is -2.26. The largest absolute Gasteiger partial charge is 0.409 e. The van der Waals surface area contributed by atoms with Crippen molar-refractivity contribution in [3.63, 3.8) is 0 Å². The van der Waals surface area contributed by atoms with Crippen molar-refractivity contribution < 1.29 is 9.94 Å². The minimum absolute atomic E-state index is 0.0758. The third-order valence-electron chi connectivity index (χ3n) is 2.27. The lowest BCUT2D eigenvalue weighted by Crippen LogP contribution is -2.46. The van der Waals surface area contributed by atoms with E-state index in [0.29, 0.717) is 6.04 Å².